The maximum absolute atomic E-state index is 13.7. The molecule has 1 aromatic carbocycles. The van der Waals surface area contributed by atoms with Crippen LogP contribution in [-0.2, 0) is 4.79 Å². The molecule has 2 rings (SSSR count). The Bertz CT molecular complexity index is 425. The lowest BCUT2D eigenvalue weighted by Gasteiger charge is -2.32. The summed E-state index contributed by atoms with van der Waals surface area (Å²) in [6, 6.07) is 5.20. The van der Waals surface area contributed by atoms with Crippen LogP contribution in [0, 0.1) is 5.82 Å². The number of carbonyl (C=O) groups excluding carboxylic acids is 1. The van der Waals surface area contributed by atoms with Crippen molar-refractivity contribution in [3.8, 4) is 0 Å². The fraction of sp³-hybridized carbons (Fsp3) is 0.462. The van der Waals surface area contributed by atoms with Crippen LogP contribution in [-0.4, -0.2) is 18.9 Å². The van der Waals surface area contributed by atoms with Crippen LogP contribution in [0.2, 0.25) is 0 Å². The van der Waals surface area contributed by atoms with Gasteiger partial charge >= 0.3 is 0 Å². The fourth-order valence-corrected chi connectivity index (χ4v) is 2.61. The normalized spacial score (nSPS) is 17.2. The third-order valence-corrected chi connectivity index (χ3v) is 3.84. The van der Waals surface area contributed by atoms with Gasteiger partial charge in [-0.25, -0.2) is 4.39 Å². The zero-order chi connectivity index (χ0) is 12.4. The lowest BCUT2D eigenvalue weighted by molar-refractivity contribution is -0.120. The van der Waals surface area contributed by atoms with Gasteiger partial charge in [0.15, 0.2) is 0 Å². The molecule has 2 nitrogen and oxygen atoms in total. The molecule has 0 saturated heterocycles. The molecule has 0 atom stereocenters. The molecule has 0 spiro atoms. The highest BCUT2D eigenvalue weighted by Crippen LogP contribution is 2.28. The van der Waals surface area contributed by atoms with Gasteiger partial charge in [0.2, 0.25) is 0 Å². The maximum Gasteiger partial charge on any atom is 0.146 e. The molecule has 1 fully saturated rings. The summed E-state index contributed by atoms with van der Waals surface area (Å²) in [5, 5.41) is 0. The van der Waals surface area contributed by atoms with Crippen LogP contribution < -0.4 is 4.90 Å². The van der Waals surface area contributed by atoms with Crippen LogP contribution in [0.4, 0.5) is 10.1 Å². The smallest absolute Gasteiger partial charge is 0.146 e. The Morgan fingerprint density at radius 3 is 2.65 bits per heavy atom. The Kier molecular flexibility index (Phi) is 3.82. The molecule has 17 heavy (non-hydrogen) atoms. The number of carbonyl (C=O) groups is 1. The van der Waals surface area contributed by atoms with Gasteiger partial charge < -0.3 is 4.90 Å². The number of benzene rings is 1. The fourth-order valence-electron chi connectivity index (χ4n) is 2.26. The van der Waals surface area contributed by atoms with Gasteiger partial charge in [-0.05, 0) is 31.0 Å². The van der Waals surface area contributed by atoms with Gasteiger partial charge in [0.1, 0.15) is 11.6 Å². The first kappa shape index (κ1) is 12.6. The zero-order valence-corrected chi connectivity index (χ0v) is 11.3. The van der Waals surface area contributed by atoms with E-state index in [1.165, 1.54) is 6.07 Å². The number of hydrogen-bond donors (Lipinski definition) is 0. The summed E-state index contributed by atoms with van der Waals surface area (Å²) in [6.07, 6.45) is 2.87. The molecule has 0 bridgehead atoms. The molecule has 1 aliphatic carbocycles. The van der Waals surface area contributed by atoms with Crippen LogP contribution in [0.3, 0.4) is 0 Å². The molecule has 4 heteroatoms. The molecule has 0 radical (unpaired) electrons. The van der Waals surface area contributed by atoms with E-state index in [2.05, 4.69) is 15.9 Å². The Labute approximate surface area is 109 Å². The Hall–Kier alpha value is -0.900. The van der Waals surface area contributed by atoms with Crippen molar-refractivity contribution >= 4 is 27.4 Å². The molecule has 1 saturated carbocycles. The molecule has 0 unspecified atom stereocenters. The molecule has 1 aromatic rings. The summed E-state index contributed by atoms with van der Waals surface area (Å²) in [4.78, 5) is 13.1. The van der Waals surface area contributed by atoms with E-state index in [0.29, 0.717) is 24.3 Å². The van der Waals surface area contributed by atoms with Crippen LogP contribution in [0.5, 0.6) is 0 Å². The van der Waals surface area contributed by atoms with Crippen molar-refractivity contribution in [1.82, 2.24) is 0 Å². The van der Waals surface area contributed by atoms with Gasteiger partial charge in [0.25, 0.3) is 0 Å². The average molecular weight is 300 g/mol. The second-order valence-corrected chi connectivity index (χ2v) is 5.39. The van der Waals surface area contributed by atoms with Crippen LogP contribution >= 0.6 is 15.9 Å². The van der Waals surface area contributed by atoms with E-state index in [1.807, 2.05) is 11.9 Å². The number of ketones is 1. The minimum Gasteiger partial charge on any atom is -0.369 e. The second kappa shape index (κ2) is 5.17. The van der Waals surface area contributed by atoms with Crippen LogP contribution in [0.25, 0.3) is 0 Å². The van der Waals surface area contributed by atoms with Gasteiger partial charge in [-0.1, -0.05) is 15.9 Å². The molecular formula is C13H15BrFNO. The molecule has 0 amide bonds. The van der Waals surface area contributed by atoms with Crippen molar-refractivity contribution in [3.05, 3.63) is 28.5 Å². The summed E-state index contributed by atoms with van der Waals surface area (Å²) < 4.78 is 14.6. The first-order chi connectivity index (χ1) is 8.08. The number of halogens is 2. The van der Waals surface area contributed by atoms with E-state index in [1.54, 1.807) is 12.1 Å². The predicted molar refractivity (Wildman–Crippen MR) is 69.8 cm³/mol. The van der Waals surface area contributed by atoms with Crippen molar-refractivity contribution in [2.24, 2.45) is 0 Å². The Balaban J connectivity index is 2.16. The molecule has 0 heterocycles. The lowest BCUT2D eigenvalue weighted by atomic mass is 9.93. The number of hydrogen-bond acceptors (Lipinski definition) is 2. The molecule has 1 aliphatic rings. The first-order valence-corrected chi connectivity index (χ1v) is 6.57. The summed E-state index contributed by atoms with van der Waals surface area (Å²) in [5.41, 5.74) is 0.596. The molecule has 92 valence electrons. The summed E-state index contributed by atoms with van der Waals surface area (Å²) in [6.45, 7) is 0. The highest BCUT2D eigenvalue weighted by atomic mass is 79.9. The Morgan fingerprint density at radius 2 is 2.00 bits per heavy atom. The zero-order valence-electron chi connectivity index (χ0n) is 9.75. The second-order valence-electron chi connectivity index (χ2n) is 4.48. The highest BCUT2D eigenvalue weighted by molar-refractivity contribution is 9.10. The van der Waals surface area contributed by atoms with Crippen LogP contribution in [0.15, 0.2) is 22.7 Å². The summed E-state index contributed by atoms with van der Waals surface area (Å²) in [7, 11) is 1.89. The largest absolute Gasteiger partial charge is 0.369 e. The van der Waals surface area contributed by atoms with Gasteiger partial charge in [-0.3, -0.25) is 4.79 Å². The number of rotatable bonds is 2. The SMILES string of the molecule is CN(c1cc(Br)ccc1F)C1CCC(=O)CC1. The van der Waals surface area contributed by atoms with E-state index in [-0.39, 0.29) is 11.9 Å². The van der Waals surface area contributed by atoms with Gasteiger partial charge in [-0.2, -0.15) is 0 Å². The molecule has 0 N–H and O–H groups in total. The third kappa shape index (κ3) is 2.86. The predicted octanol–water partition coefficient (Wildman–Crippen LogP) is 3.54. The van der Waals surface area contributed by atoms with Crippen molar-refractivity contribution in [3.63, 3.8) is 0 Å². The highest BCUT2D eigenvalue weighted by Gasteiger charge is 2.23. The quantitative estimate of drug-likeness (QED) is 0.832. The number of anilines is 1. The van der Waals surface area contributed by atoms with E-state index < -0.39 is 0 Å². The average Bonchev–Trinajstić information content (AvgIpc) is 2.32. The van der Waals surface area contributed by atoms with E-state index >= 15 is 0 Å². The van der Waals surface area contributed by atoms with Crippen molar-refractivity contribution in [2.75, 3.05) is 11.9 Å². The number of nitrogens with zero attached hydrogens (tertiary/aromatic N) is 1. The Morgan fingerprint density at radius 1 is 1.35 bits per heavy atom. The van der Waals surface area contributed by atoms with Crippen molar-refractivity contribution < 1.29 is 9.18 Å². The van der Waals surface area contributed by atoms with Crippen molar-refractivity contribution in [2.45, 2.75) is 31.7 Å². The van der Waals surface area contributed by atoms with Crippen LogP contribution in [0.1, 0.15) is 25.7 Å². The molecular weight excluding hydrogens is 285 g/mol. The topological polar surface area (TPSA) is 20.3 Å². The van der Waals surface area contributed by atoms with Crippen molar-refractivity contribution in [1.29, 1.82) is 0 Å². The molecule has 0 aliphatic heterocycles. The summed E-state index contributed by atoms with van der Waals surface area (Å²) >= 11 is 3.35. The maximum atomic E-state index is 13.7. The molecule has 0 aromatic heterocycles. The first-order valence-electron chi connectivity index (χ1n) is 5.77. The van der Waals surface area contributed by atoms with Gasteiger partial charge in [0, 0.05) is 30.4 Å². The van der Waals surface area contributed by atoms with E-state index in [0.717, 1.165) is 17.3 Å². The van der Waals surface area contributed by atoms with Gasteiger partial charge in [0.05, 0.1) is 5.69 Å². The van der Waals surface area contributed by atoms with E-state index in [9.17, 15) is 9.18 Å². The third-order valence-electron chi connectivity index (χ3n) is 3.35. The minimum atomic E-state index is -0.215. The summed E-state index contributed by atoms with van der Waals surface area (Å²) in [5.74, 6) is 0.108. The standard InChI is InChI=1S/C13H15BrFNO/c1-16(10-3-5-11(17)6-4-10)13-8-9(14)2-7-12(13)15/h2,7-8,10H,3-6H2,1H3. The van der Waals surface area contributed by atoms with Gasteiger partial charge in [-0.15, -0.1) is 0 Å². The lowest BCUT2D eigenvalue weighted by Crippen LogP contribution is -2.35. The monoisotopic (exact) mass is 299 g/mol. The van der Waals surface area contributed by atoms with E-state index in [4.69, 9.17) is 0 Å². The minimum absolute atomic E-state index is 0.215. The number of Topliss-reactive ketones (excluding diaryl/α,β-unsaturated/α-hetero) is 1.